The molecule has 0 radical (unpaired) electrons. The third-order valence-electron chi connectivity index (χ3n) is 3.08. The molecule has 1 unspecified atom stereocenters. The topological polar surface area (TPSA) is 39.2 Å². The molecule has 2 rings (SSSR count). The monoisotopic (exact) mass is 217 g/mol. The van der Waals surface area contributed by atoms with Gasteiger partial charge in [0.15, 0.2) is 0 Å². The van der Waals surface area contributed by atoms with E-state index in [0.717, 1.165) is 17.8 Å². The molecule has 2 heteroatoms. The summed E-state index contributed by atoms with van der Waals surface area (Å²) in [5.41, 5.74) is 8.40. The number of aryl methyl sites for hydroxylation is 1. The molecule has 1 aromatic carbocycles. The second-order valence-electron chi connectivity index (χ2n) is 4.56. The number of fused-ring (bicyclic) bond motifs is 1. The van der Waals surface area contributed by atoms with Crippen molar-refractivity contribution in [1.29, 1.82) is 0 Å². The van der Waals surface area contributed by atoms with E-state index in [0.29, 0.717) is 5.92 Å². The molecule has 0 saturated heterocycles. The fraction of sp³-hybridized carbons (Fsp3) is 0.429. The third-order valence-corrected chi connectivity index (χ3v) is 3.08. The zero-order valence-corrected chi connectivity index (χ0v) is 10.2. The zero-order chi connectivity index (χ0) is 11.7. The van der Waals surface area contributed by atoms with Gasteiger partial charge in [-0.3, -0.25) is 0 Å². The molecule has 2 aromatic rings. The van der Waals surface area contributed by atoms with Gasteiger partial charge in [0.05, 0.1) is 0 Å². The summed E-state index contributed by atoms with van der Waals surface area (Å²) in [6, 6.07) is 8.18. The molecule has 0 fully saturated rings. The van der Waals surface area contributed by atoms with E-state index < -0.39 is 0 Å². The lowest BCUT2D eigenvalue weighted by molar-refractivity contribution is 0.487. The van der Waals surface area contributed by atoms with Gasteiger partial charge in [0.25, 0.3) is 0 Å². The van der Waals surface area contributed by atoms with Gasteiger partial charge >= 0.3 is 0 Å². The number of nitrogens with two attached hydrogens (primary N) is 1. The Kier molecular flexibility index (Phi) is 3.01. The van der Waals surface area contributed by atoms with Crippen molar-refractivity contribution in [1.82, 2.24) is 0 Å². The summed E-state index contributed by atoms with van der Waals surface area (Å²) in [6.45, 7) is 6.39. The van der Waals surface area contributed by atoms with Gasteiger partial charge in [-0.1, -0.05) is 39.0 Å². The molecular weight excluding hydrogens is 198 g/mol. The van der Waals surface area contributed by atoms with Crippen LogP contribution < -0.4 is 5.73 Å². The number of hydrogen-bond donors (Lipinski definition) is 1. The molecule has 0 bridgehead atoms. The predicted molar refractivity (Wildman–Crippen MR) is 67.4 cm³/mol. The van der Waals surface area contributed by atoms with Crippen molar-refractivity contribution in [2.24, 2.45) is 11.7 Å². The molecular formula is C14H19NO. The third kappa shape index (κ3) is 1.74. The highest BCUT2D eigenvalue weighted by molar-refractivity contribution is 5.82. The molecule has 0 aliphatic rings. The van der Waals surface area contributed by atoms with Gasteiger partial charge in [0, 0.05) is 23.4 Å². The largest absolute Gasteiger partial charge is 0.461 e. The second-order valence-corrected chi connectivity index (χ2v) is 4.56. The fourth-order valence-electron chi connectivity index (χ4n) is 2.08. The van der Waals surface area contributed by atoms with Crippen molar-refractivity contribution < 1.29 is 4.42 Å². The van der Waals surface area contributed by atoms with Gasteiger partial charge in [-0.25, -0.2) is 0 Å². The highest BCUT2D eigenvalue weighted by atomic mass is 16.3. The summed E-state index contributed by atoms with van der Waals surface area (Å²) in [4.78, 5) is 0. The van der Waals surface area contributed by atoms with E-state index in [-0.39, 0.29) is 6.04 Å². The molecule has 0 aliphatic heterocycles. The first kappa shape index (κ1) is 11.2. The van der Waals surface area contributed by atoms with Gasteiger partial charge in [-0.05, 0) is 12.0 Å². The van der Waals surface area contributed by atoms with Gasteiger partial charge in [0.1, 0.15) is 11.3 Å². The first-order valence-electron chi connectivity index (χ1n) is 5.91. The molecule has 0 spiro atoms. The zero-order valence-electron chi connectivity index (χ0n) is 10.2. The Morgan fingerprint density at radius 3 is 2.56 bits per heavy atom. The van der Waals surface area contributed by atoms with Crippen molar-refractivity contribution >= 4 is 11.0 Å². The molecule has 1 atom stereocenters. The molecule has 1 aromatic heterocycles. The summed E-state index contributed by atoms with van der Waals surface area (Å²) >= 11 is 0. The highest BCUT2D eigenvalue weighted by Gasteiger charge is 2.20. The van der Waals surface area contributed by atoms with Crippen molar-refractivity contribution in [3.8, 4) is 0 Å². The molecule has 86 valence electrons. The van der Waals surface area contributed by atoms with Gasteiger partial charge in [0.2, 0.25) is 0 Å². The molecule has 0 saturated carbocycles. The summed E-state index contributed by atoms with van der Waals surface area (Å²) < 4.78 is 5.84. The summed E-state index contributed by atoms with van der Waals surface area (Å²) in [5, 5.41) is 1.17. The Hall–Kier alpha value is -1.28. The number of furan rings is 1. The maximum Gasteiger partial charge on any atom is 0.134 e. The standard InChI is InChI=1S/C14H19NO/c1-4-11-13(14(15)9(2)3)10-7-5-6-8-12(10)16-11/h5-9,14H,4,15H2,1-3H3. The Morgan fingerprint density at radius 1 is 1.25 bits per heavy atom. The molecule has 1 heterocycles. The Labute approximate surface area is 96.4 Å². The Bertz CT molecular complexity index is 484. The normalized spacial score (nSPS) is 13.6. The summed E-state index contributed by atoms with van der Waals surface area (Å²) in [7, 11) is 0. The predicted octanol–water partition coefficient (Wildman–Crippen LogP) is 3.65. The van der Waals surface area contributed by atoms with Crippen molar-refractivity contribution in [2.45, 2.75) is 33.2 Å². The maximum absolute atomic E-state index is 6.26. The summed E-state index contributed by atoms with van der Waals surface area (Å²) in [5.74, 6) is 1.45. The van der Waals surface area contributed by atoms with E-state index in [4.69, 9.17) is 10.2 Å². The highest BCUT2D eigenvalue weighted by Crippen LogP contribution is 2.33. The Balaban J connectivity index is 2.64. The van der Waals surface area contributed by atoms with Crippen molar-refractivity contribution in [2.75, 3.05) is 0 Å². The van der Waals surface area contributed by atoms with Crippen LogP contribution in [0.5, 0.6) is 0 Å². The van der Waals surface area contributed by atoms with E-state index in [2.05, 4.69) is 26.8 Å². The van der Waals surface area contributed by atoms with Crippen LogP contribution in [-0.4, -0.2) is 0 Å². The van der Waals surface area contributed by atoms with E-state index in [1.54, 1.807) is 0 Å². The lowest BCUT2D eigenvalue weighted by Gasteiger charge is -2.15. The molecule has 2 nitrogen and oxygen atoms in total. The SMILES string of the molecule is CCc1oc2ccccc2c1C(N)C(C)C. The van der Waals surface area contributed by atoms with Crippen LogP contribution in [0.1, 0.15) is 38.1 Å². The van der Waals surface area contributed by atoms with Crippen LogP contribution in [0.25, 0.3) is 11.0 Å². The lowest BCUT2D eigenvalue weighted by Crippen LogP contribution is -2.17. The van der Waals surface area contributed by atoms with Crippen LogP contribution in [0.15, 0.2) is 28.7 Å². The summed E-state index contributed by atoms with van der Waals surface area (Å²) in [6.07, 6.45) is 0.893. The van der Waals surface area contributed by atoms with E-state index >= 15 is 0 Å². The molecule has 0 amide bonds. The van der Waals surface area contributed by atoms with E-state index in [9.17, 15) is 0 Å². The van der Waals surface area contributed by atoms with Gasteiger partial charge in [-0.2, -0.15) is 0 Å². The van der Waals surface area contributed by atoms with E-state index in [1.807, 2.05) is 18.2 Å². The molecule has 2 N–H and O–H groups in total. The van der Waals surface area contributed by atoms with Crippen molar-refractivity contribution in [3.05, 3.63) is 35.6 Å². The number of hydrogen-bond acceptors (Lipinski definition) is 2. The van der Waals surface area contributed by atoms with E-state index in [1.165, 1.54) is 10.9 Å². The minimum atomic E-state index is 0.0543. The van der Waals surface area contributed by atoms with Gasteiger partial charge in [-0.15, -0.1) is 0 Å². The second kappa shape index (κ2) is 4.30. The van der Waals surface area contributed by atoms with Crippen LogP contribution in [0.4, 0.5) is 0 Å². The smallest absolute Gasteiger partial charge is 0.134 e. The molecule has 0 aliphatic carbocycles. The number of rotatable bonds is 3. The van der Waals surface area contributed by atoms with Crippen LogP contribution >= 0.6 is 0 Å². The quantitative estimate of drug-likeness (QED) is 0.852. The van der Waals surface area contributed by atoms with Crippen LogP contribution in [-0.2, 0) is 6.42 Å². The van der Waals surface area contributed by atoms with Crippen LogP contribution in [0, 0.1) is 5.92 Å². The van der Waals surface area contributed by atoms with Crippen LogP contribution in [0.2, 0.25) is 0 Å². The van der Waals surface area contributed by atoms with Crippen molar-refractivity contribution in [3.63, 3.8) is 0 Å². The van der Waals surface area contributed by atoms with Crippen LogP contribution in [0.3, 0.4) is 0 Å². The first-order chi connectivity index (χ1) is 7.65. The maximum atomic E-state index is 6.26. The average Bonchev–Trinajstić information content (AvgIpc) is 2.66. The number of para-hydroxylation sites is 1. The minimum Gasteiger partial charge on any atom is -0.461 e. The molecule has 16 heavy (non-hydrogen) atoms. The fourth-order valence-corrected chi connectivity index (χ4v) is 2.08. The lowest BCUT2D eigenvalue weighted by atomic mass is 9.94. The Morgan fingerprint density at radius 2 is 1.94 bits per heavy atom. The average molecular weight is 217 g/mol. The number of benzene rings is 1. The van der Waals surface area contributed by atoms with Gasteiger partial charge < -0.3 is 10.2 Å². The first-order valence-corrected chi connectivity index (χ1v) is 5.91. The minimum absolute atomic E-state index is 0.0543.